The van der Waals surface area contributed by atoms with Gasteiger partial charge in [0.25, 0.3) is 0 Å². The van der Waals surface area contributed by atoms with E-state index in [1.165, 1.54) is 5.57 Å². The third-order valence-electron chi connectivity index (χ3n) is 0.916. The topological polar surface area (TPSA) is 12.4 Å². The molecule has 0 amide bonds. The molecule has 0 saturated carbocycles. The molecule has 1 heteroatoms. The molecule has 0 heterocycles. The minimum Gasteiger partial charge on any atom is -0.297 e. The second kappa shape index (κ2) is 5.29. The van der Waals surface area contributed by atoms with Gasteiger partial charge in [0.2, 0.25) is 0 Å². The number of rotatable bonds is 2. The van der Waals surface area contributed by atoms with Gasteiger partial charge in [-0.05, 0) is 25.5 Å². The molecule has 0 rings (SSSR count). The highest BCUT2D eigenvalue weighted by atomic mass is 14.6. The van der Waals surface area contributed by atoms with Crippen molar-refractivity contribution in [3.63, 3.8) is 0 Å². The predicted octanol–water partition coefficient (Wildman–Crippen LogP) is 2.21. The van der Waals surface area contributed by atoms with Crippen LogP contribution in [0.25, 0.3) is 0 Å². The monoisotopic (exact) mass is 123 g/mol. The molecule has 50 valence electrons. The molecule has 0 unspecified atom stereocenters. The minimum atomic E-state index is 1.23. The normalized spacial score (nSPS) is 13.9. The van der Waals surface area contributed by atoms with Crippen molar-refractivity contribution in [2.45, 2.75) is 13.8 Å². The molecule has 0 bridgehead atoms. The summed E-state index contributed by atoms with van der Waals surface area (Å²) >= 11 is 0. The maximum atomic E-state index is 3.82. The SMILES string of the molecule is C\C=C/C(C)=C\C=N/C. The van der Waals surface area contributed by atoms with Crippen LogP contribution in [0.2, 0.25) is 0 Å². The molecule has 0 N–H and O–H groups in total. The molecule has 0 spiro atoms. The van der Waals surface area contributed by atoms with Crippen LogP contribution in [0.1, 0.15) is 13.8 Å². The Bertz CT molecular complexity index is 141. The van der Waals surface area contributed by atoms with E-state index >= 15 is 0 Å². The maximum Gasteiger partial charge on any atom is 0.0277 e. The Hall–Kier alpha value is -0.850. The van der Waals surface area contributed by atoms with Crippen molar-refractivity contribution in [3.8, 4) is 0 Å². The van der Waals surface area contributed by atoms with Gasteiger partial charge in [-0.1, -0.05) is 12.2 Å². The standard InChI is InChI=1S/C8H13N/c1-4-5-8(2)6-7-9-3/h4-7H,1-3H3/b5-4-,8-6-,9-7-. The Morgan fingerprint density at radius 1 is 1.44 bits per heavy atom. The van der Waals surface area contributed by atoms with Crippen LogP contribution in [-0.2, 0) is 0 Å². The summed E-state index contributed by atoms with van der Waals surface area (Å²) in [7, 11) is 1.76. The first-order valence-electron chi connectivity index (χ1n) is 3.03. The summed E-state index contributed by atoms with van der Waals surface area (Å²) in [5.74, 6) is 0. The van der Waals surface area contributed by atoms with Crippen molar-refractivity contribution in [1.29, 1.82) is 0 Å². The maximum absolute atomic E-state index is 3.82. The lowest BCUT2D eigenvalue weighted by atomic mass is 10.3. The van der Waals surface area contributed by atoms with Crippen molar-refractivity contribution in [3.05, 3.63) is 23.8 Å². The van der Waals surface area contributed by atoms with E-state index in [1.807, 2.05) is 32.1 Å². The molecule has 0 aliphatic heterocycles. The van der Waals surface area contributed by atoms with Crippen LogP contribution in [0.3, 0.4) is 0 Å². The number of allylic oxidation sites excluding steroid dienone is 4. The molecular weight excluding hydrogens is 110 g/mol. The quantitative estimate of drug-likeness (QED) is 0.394. The molecule has 0 saturated heterocycles. The van der Waals surface area contributed by atoms with Gasteiger partial charge in [-0.25, -0.2) is 0 Å². The van der Waals surface area contributed by atoms with E-state index in [0.717, 1.165) is 0 Å². The van der Waals surface area contributed by atoms with Gasteiger partial charge < -0.3 is 0 Å². The van der Waals surface area contributed by atoms with E-state index in [9.17, 15) is 0 Å². The van der Waals surface area contributed by atoms with E-state index in [2.05, 4.69) is 4.99 Å². The van der Waals surface area contributed by atoms with Crippen LogP contribution in [0, 0.1) is 0 Å². The average Bonchev–Trinajstić information content (AvgIpc) is 1.85. The van der Waals surface area contributed by atoms with Crippen LogP contribution >= 0.6 is 0 Å². The summed E-state index contributed by atoms with van der Waals surface area (Å²) < 4.78 is 0. The summed E-state index contributed by atoms with van der Waals surface area (Å²) in [5, 5.41) is 0. The van der Waals surface area contributed by atoms with Gasteiger partial charge in [-0.2, -0.15) is 0 Å². The molecule has 0 aliphatic rings. The minimum absolute atomic E-state index is 1.23. The van der Waals surface area contributed by atoms with Crippen molar-refractivity contribution < 1.29 is 0 Å². The molecule has 0 aromatic rings. The van der Waals surface area contributed by atoms with Crippen LogP contribution in [0.5, 0.6) is 0 Å². The molecule has 0 fully saturated rings. The molecule has 1 nitrogen and oxygen atoms in total. The van der Waals surface area contributed by atoms with Crippen LogP contribution in [0.15, 0.2) is 28.8 Å². The summed E-state index contributed by atoms with van der Waals surface area (Å²) in [6.45, 7) is 4.04. The lowest BCUT2D eigenvalue weighted by molar-refractivity contribution is 1.46. The molecule has 0 radical (unpaired) electrons. The molecule has 9 heavy (non-hydrogen) atoms. The van der Waals surface area contributed by atoms with Gasteiger partial charge in [-0.15, -0.1) is 0 Å². The molecule has 0 aromatic carbocycles. The summed E-state index contributed by atoms with van der Waals surface area (Å²) in [4.78, 5) is 3.82. The molecule has 0 atom stereocenters. The van der Waals surface area contributed by atoms with E-state index in [4.69, 9.17) is 0 Å². The summed E-state index contributed by atoms with van der Waals surface area (Å²) in [6, 6.07) is 0. The van der Waals surface area contributed by atoms with Crippen molar-refractivity contribution in [1.82, 2.24) is 0 Å². The highest BCUT2D eigenvalue weighted by molar-refractivity contribution is 5.72. The first kappa shape index (κ1) is 8.15. The highest BCUT2D eigenvalue weighted by Gasteiger charge is 1.73. The van der Waals surface area contributed by atoms with Gasteiger partial charge in [-0.3, -0.25) is 4.99 Å². The van der Waals surface area contributed by atoms with Gasteiger partial charge >= 0.3 is 0 Å². The van der Waals surface area contributed by atoms with Crippen LogP contribution < -0.4 is 0 Å². The number of hydrogen-bond acceptors (Lipinski definition) is 1. The zero-order valence-corrected chi connectivity index (χ0v) is 6.26. The fourth-order valence-electron chi connectivity index (χ4n) is 0.511. The zero-order chi connectivity index (χ0) is 7.11. The number of aliphatic imine (C=N–C) groups is 1. The third kappa shape index (κ3) is 5.01. The first-order chi connectivity index (χ1) is 4.31. The van der Waals surface area contributed by atoms with E-state index in [-0.39, 0.29) is 0 Å². The third-order valence-corrected chi connectivity index (χ3v) is 0.916. The van der Waals surface area contributed by atoms with E-state index in [0.29, 0.717) is 0 Å². The van der Waals surface area contributed by atoms with Gasteiger partial charge in [0.1, 0.15) is 0 Å². The Morgan fingerprint density at radius 2 is 2.11 bits per heavy atom. The highest BCUT2D eigenvalue weighted by Crippen LogP contribution is 1.91. The molecule has 0 aromatic heterocycles. The molecular formula is C8H13N. The van der Waals surface area contributed by atoms with E-state index < -0.39 is 0 Å². The summed E-state index contributed by atoms with van der Waals surface area (Å²) in [5.41, 5.74) is 1.23. The fraction of sp³-hybridized carbons (Fsp3) is 0.375. The van der Waals surface area contributed by atoms with Crippen molar-refractivity contribution in [2.24, 2.45) is 4.99 Å². The predicted molar refractivity (Wildman–Crippen MR) is 43.0 cm³/mol. The van der Waals surface area contributed by atoms with Gasteiger partial charge in [0.15, 0.2) is 0 Å². The second-order valence-electron chi connectivity index (χ2n) is 1.82. The number of nitrogens with zero attached hydrogens (tertiary/aromatic N) is 1. The Balaban J connectivity index is 3.84. The van der Waals surface area contributed by atoms with E-state index in [1.54, 1.807) is 13.3 Å². The summed E-state index contributed by atoms with van der Waals surface area (Å²) in [6.07, 6.45) is 7.81. The van der Waals surface area contributed by atoms with Crippen molar-refractivity contribution >= 4 is 6.21 Å². The zero-order valence-electron chi connectivity index (χ0n) is 6.26. The lowest BCUT2D eigenvalue weighted by Crippen LogP contribution is -1.68. The average molecular weight is 123 g/mol. The largest absolute Gasteiger partial charge is 0.297 e. The fourth-order valence-corrected chi connectivity index (χ4v) is 0.511. The van der Waals surface area contributed by atoms with Gasteiger partial charge in [0.05, 0.1) is 0 Å². The van der Waals surface area contributed by atoms with Crippen LogP contribution in [0.4, 0.5) is 0 Å². The Morgan fingerprint density at radius 3 is 2.56 bits per heavy atom. The van der Waals surface area contributed by atoms with Crippen LogP contribution in [-0.4, -0.2) is 13.3 Å². The van der Waals surface area contributed by atoms with Gasteiger partial charge in [0, 0.05) is 13.3 Å². The second-order valence-corrected chi connectivity index (χ2v) is 1.82. The molecule has 0 aliphatic carbocycles. The Kier molecular flexibility index (Phi) is 4.79. The van der Waals surface area contributed by atoms with Crippen molar-refractivity contribution in [2.75, 3.05) is 7.05 Å². The Labute approximate surface area is 56.8 Å². The lowest BCUT2D eigenvalue weighted by Gasteiger charge is -1.83. The number of hydrogen-bond donors (Lipinski definition) is 0. The smallest absolute Gasteiger partial charge is 0.0277 e. The first-order valence-corrected chi connectivity index (χ1v) is 3.03.